The zero-order valence-electron chi connectivity index (χ0n) is 22.1. The van der Waals surface area contributed by atoms with Crippen LogP contribution in [0.5, 0.6) is 0 Å². The summed E-state index contributed by atoms with van der Waals surface area (Å²) in [6, 6.07) is 5.99. The molecule has 0 fully saturated rings. The van der Waals surface area contributed by atoms with Gasteiger partial charge < -0.3 is 5.73 Å². The Morgan fingerprint density at radius 2 is 1.00 bits per heavy atom. The highest BCUT2D eigenvalue weighted by atomic mass is 32.2. The van der Waals surface area contributed by atoms with Crippen LogP contribution < -0.4 is 5.73 Å². The van der Waals surface area contributed by atoms with E-state index in [1.807, 2.05) is 6.92 Å². The van der Waals surface area contributed by atoms with Crippen LogP contribution in [0.15, 0.2) is 29.2 Å². The molecule has 194 valence electrons. The van der Waals surface area contributed by atoms with Gasteiger partial charge in [0, 0.05) is 0 Å². The zero-order chi connectivity index (χ0) is 25.0. The van der Waals surface area contributed by atoms with Crippen molar-refractivity contribution in [2.75, 3.05) is 6.54 Å². The maximum Gasteiger partial charge on any atom is 0.294 e. The van der Waals surface area contributed by atoms with E-state index in [0.717, 1.165) is 12.1 Å². The molecule has 0 saturated carbocycles. The van der Waals surface area contributed by atoms with Gasteiger partial charge in [-0.15, -0.1) is 0 Å². The number of hydrogen-bond acceptors (Lipinski definition) is 3. The van der Waals surface area contributed by atoms with Crippen LogP contribution >= 0.6 is 0 Å². The van der Waals surface area contributed by atoms with Crippen molar-refractivity contribution in [1.82, 2.24) is 0 Å². The van der Waals surface area contributed by atoms with E-state index >= 15 is 0 Å². The van der Waals surface area contributed by atoms with E-state index in [1.165, 1.54) is 115 Å². The summed E-state index contributed by atoms with van der Waals surface area (Å²) in [4.78, 5) is -0.0666. The molecule has 1 aromatic rings. The fraction of sp³-hybridized carbons (Fsp3) is 0.786. The molecule has 0 atom stereocenters. The molecular weight excluding hydrogens is 430 g/mol. The molecule has 3 N–H and O–H groups in total. The summed E-state index contributed by atoms with van der Waals surface area (Å²) < 4.78 is 29.6. The molecule has 5 heteroatoms. The molecule has 0 aromatic heterocycles. The highest BCUT2D eigenvalue weighted by Gasteiger charge is 2.08. The predicted molar refractivity (Wildman–Crippen MR) is 143 cm³/mol. The maximum atomic E-state index is 10.5. The lowest BCUT2D eigenvalue weighted by Crippen LogP contribution is -2.03. The van der Waals surface area contributed by atoms with Crippen molar-refractivity contribution in [2.45, 2.75) is 135 Å². The van der Waals surface area contributed by atoms with Gasteiger partial charge >= 0.3 is 0 Å². The molecular formula is C28H53NO3S. The summed E-state index contributed by atoms with van der Waals surface area (Å²) in [5.41, 5.74) is 6.99. The molecule has 0 unspecified atom stereocenters. The molecule has 0 aliphatic heterocycles. The molecule has 0 bridgehead atoms. The van der Waals surface area contributed by atoms with Crippen molar-refractivity contribution in [3.8, 4) is 0 Å². The standard InChI is InChI=1S/C21H45N.C7H8O3S/c1-21(2,3)19-17-15-13-11-9-7-5-4-6-8-10-12-14-16-18-20-22;1-6-2-4-7(5-3-6)11(8,9)10/h4-20,22H2,1-3H3;2-5H,1H3,(H,8,9,10). The Kier molecular flexibility index (Phi) is 18.9. The lowest BCUT2D eigenvalue weighted by atomic mass is 9.89. The van der Waals surface area contributed by atoms with E-state index in [4.69, 9.17) is 10.3 Å². The van der Waals surface area contributed by atoms with Gasteiger partial charge in [-0.1, -0.05) is 128 Å². The van der Waals surface area contributed by atoms with Crippen molar-refractivity contribution in [3.05, 3.63) is 29.8 Å². The Balaban J connectivity index is 0.000000771. The minimum atomic E-state index is -4.02. The average molecular weight is 484 g/mol. The fourth-order valence-electron chi connectivity index (χ4n) is 3.81. The summed E-state index contributed by atoms with van der Waals surface area (Å²) >= 11 is 0. The first-order valence-corrected chi connectivity index (χ1v) is 14.7. The minimum absolute atomic E-state index is 0.0666. The summed E-state index contributed by atoms with van der Waals surface area (Å²) in [5, 5.41) is 0. The Hall–Kier alpha value is -0.910. The molecule has 0 heterocycles. The largest absolute Gasteiger partial charge is 0.330 e. The van der Waals surface area contributed by atoms with Gasteiger partial charge in [0.05, 0.1) is 4.90 Å². The van der Waals surface area contributed by atoms with Crippen molar-refractivity contribution >= 4 is 10.1 Å². The van der Waals surface area contributed by atoms with Crippen LogP contribution in [0, 0.1) is 12.3 Å². The van der Waals surface area contributed by atoms with E-state index in [2.05, 4.69) is 20.8 Å². The first kappa shape index (κ1) is 32.1. The van der Waals surface area contributed by atoms with Crippen molar-refractivity contribution in [1.29, 1.82) is 0 Å². The molecule has 0 aliphatic rings. The normalized spacial score (nSPS) is 11.8. The van der Waals surface area contributed by atoms with Gasteiger partial charge in [-0.2, -0.15) is 8.42 Å². The number of unbranched alkanes of at least 4 members (excludes halogenated alkanes) is 14. The summed E-state index contributed by atoms with van der Waals surface area (Å²) in [7, 11) is -4.02. The molecule has 33 heavy (non-hydrogen) atoms. The fourth-order valence-corrected chi connectivity index (χ4v) is 4.29. The number of nitrogens with two attached hydrogens (primary N) is 1. The van der Waals surface area contributed by atoms with E-state index in [9.17, 15) is 8.42 Å². The van der Waals surface area contributed by atoms with Gasteiger partial charge in [0.15, 0.2) is 0 Å². The molecule has 0 radical (unpaired) electrons. The lowest BCUT2D eigenvalue weighted by molar-refractivity contribution is 0.356. The quantitative estimate of drug-likeness (QED) is 0.172. The zero-order valence-corrected chi connectivity index (χ0v) is 22.9. The van der Waals surface area contributed by atoms with Crippen LogP contribution in [0.4, 0.5) is 0 Å². The third kappa shape index (κ3) is 22.6. The van der Waals surface area contributed by atoms with E-state index in [0.29, 0.717) is 5.41 Å². The molecule has 0 saturated heterocycles. The number of aryl methyl sites for hydroxylation is 1. The molecule has 1 rings (SSSR count). The van der Waals surface area contributed by atoms with E-state index in [-0.39, 0.29) is 4.90 Å². The molecule has 0 aliphatic carbocycles. The van der Waals surface area contributed by atoms with Crippen LogP contribution in [-0.4, -0.2) is 19.5 Å². The second kappa shape index (κ2) is 19.4. The SMILES string of the molecule is CC(C)(C)CCCCCCCCCCCCCCCCCN.Cc1ccc(S(=O)(=O)O)cc1. The third-order valence-electron chi connectivity index (χ3n) is 5.95. The lowest BCUT2D eigenvalue weighted by Gasteiger charge is -2.17. The van der Waals surface area contributed by atoms with Crippen LogP contribution in [0.3, 0.4) is 0 Å². The predicted octanol–water partition coefficient (Wildman–Crippen LogP) is 8.47. The van der Waals surface area contributed by atoms with Crippen LogP contribution in [0.2, 0.25) is 0 Å². The summed E-state index contributed by atoms with van der Waals surface area (Å²) in [6.45, 7) is 9.78. The number of benzene rings is 1. The molecule has 4 nitrogen and oxygen atoms in total. The highest BCUT2D eigenvalue weighted by Crippen LogP contribution is 2.22. The van der Waals surface area contributed by atoms with Gasteiger partial charge in [0.2, 0.25) is 0 Å². The first-order valence-electron chi connectivity index (χ1n) is 13.3. The third-order valence-corrected chi connectivity index (χ3v) is 6.82. The van der Waals surface area contributed by atoms with Gasteiger partial charge in [0.1, 0.15) is 0 Å². The summed E-state index contributed by atoms with van der Waals surface area (Å²) in [6.07, 6.45) is 22.8. The van der Waals surface area contributed by atoms with Gasteiger partial charge in [0.25, 0.3) is 10.1 Å². The Bertz CT molecular complexity index is 663. The summed E-state index contributed by atoms with van der Waals surface area (Å²) in [5.74, 6) is 0. The smallest absolute Gasteiger partial charge is 0.294 e. The molecule has 1 aromatic carbocycles. The second-order valence-corrected chi connectivity index (χ2v) is 12.1. The Morgan fingerprint density at radius 1 is 0.667 bits per heavy atom. The van der Waals surface area contributed by atoms with E-state index < -0.39 is 10.1 Å². The van der Waals surface area contributed by atoms with Crippen LogP contribution in [0.1, 0.15) is 129 Å². The van der Waals surface area contributed by atoms with Crippen LogP contribution in [-0.2, 0) is 10.1 Å². The van der Waals surface area contributed by atoms with Gasteiger partial charge in [-0.05, 0) is 43.9 Å². The number of hydrogen-bond donors (Lipinski definition) is 2. The molecule has 0 amide bonds. The Morgan fingerprint density at radius 3 is 1.30 bits per heavy atom. The van der Waals surface area contributed by atoms with E-state index in [1.54, 1.807) is 12.1 Å². The monoisotopic (exact) mass is 483 g/mol. The van der Waals surface area contributed by atoms with Crippen molar-refractivity contribution < 1.29 is 13.0 Å². The number of rotatable bonds is 17. The minimum Gasteiger partial charge on any atom is -0.330 e. The van der Waals surface area contributed by atoms with Gasteiger partial charge in [-0.25, -0.2) is 0 Å². The average Bonchev–Trinajstić information content (AvgIpc) is 2.73. The maximum absolute atomic E-state index is 10.5. The van der Waals surface area contributed by atoms with Gasteiger partial charge in [-0.3, -0.25) is 4.55 Å². The second-order valence-electron chi connectivity index (χ2n) is 10.7. The first-order chi connectivity index (χ1) is 15.6. The Labute approximate surface area is 205 Å². The van der Waals surface area contributed by atoms with Crippen molar-refractivity contribution in [2.24, 2.45) is 11.1 Å². The topological polar surface area (TPSA) is 80.4 Å². The highest BCUT2D eigenvalue weighted by molar-refractivity contribution is 7.85. The van der Waals surface area contributed by atoms with Crippen molar-refractivity contribution in [3.63, 3.8) is 0 Å². The molecule has 0 spiro atoms. The van der Waals surface area contributed by atoms with Crippen LogP contribution in [0.25, 0.3) is 0 Å².